The van der Waals surface area contributed by atoms with Gasteiger partial charge in [0.2, 0.25) is 0 Å². The Morgan fingerprint density at radius 2 is 1.96 bits per heavy atom. The number of hydrogen-bond acceptors (Lipinski definition) is 4. The van der Waals surface area contributed by atoms with E-state index in [0.29, 0.717) is 5.92 Å². The minimum absolute atomic E-state index is 0. The first-order valence-corrected chi connectivity index (χ1v) is 9.53. The largest absolute Gasteiger partial charge is 0.374 e. The number of nitrogens with zero attached hydrogens (tertiary/aromatic N) is 3. The van der Waals surface area contributed by atoms with Crippen molar-refractivity contribution >= 4 is 29.9 Å². The second-order valence-corrected chi connectivity index (χ2v) is 7.75. The van der Waals surface area contributed by atoms with E-state index in [1.165, 1.54) is 25.9 Å². The summed E-state index contributed by atoms with van der Waals surface area (Å²) in [6.07, 6.45) is 2.86. The molecule has 0 saturated carbocycles. The smallest absolute Gasteiger partial charge is 0.191 e. The van der Waals surface area contributed by atoms with Gasteiger partial charge in [0.25, 0.3) is 0 Å². The highest BCUT2D eigenvalue weighted by molar-refractivity contribution is 14.0. The van der Waals surface area contributed by atoms with Crippen molar-refractivity contribution in [1.29, 1.82) is 0 Å². The summed E-state index contributed by atoms with van der Waals surface area (Å²) in [5.74, 6) is 2.32. The molecule has 0 aromatic heterocycles. The van der Waals surface area contributed by atoms with Crippen LogP contribution in [0, 0.1) is 11.8 Å². The summed E-state index contributed by atoms with van der Waals surface area (Å²) < 4.78 is 5.90. The summed E-state index contributed by atoms with van der Waals surface area (Å²) in [7, 11) is 4.05. The van der Waals surface area contributed by atoms with Gasteiger partial charge in [-0.15, -0.1) is 24.0 Å². The number of guanidine groups is 1. The zero-order valence-corrected chi connectivity index (χ0v) is 18.8. The van der Waals surface area contributed by atoms with Gasteiger partial charge in [-0.2, -0.15) is 0 Å². The van der Waals surface area contributed by atoms with E-state index in [9.17, 15) is 0 Å². The van der Waals surface area contributed by atoms with Crippen LogP contribution in [0.3, 0.4) is 0 Å². The van der Waals surface area contributed by atoms with Crippen molar-refractivity contribution in [1.82, 2.24) is 20.4 Å². The Balaban J connectivity index is 0.00000312. The van der Waals surface area contributed by atoms with Crippen molar-refractivity contribution in [2.24, 2.45) is 16.8 Å². The molecule has 2 N–H and O–H groups in total. The first kappa shape index (κ1) is 22.9. The lowest BCUT2D eigenvalue weighted by molar-refractivity contribution is -0.0284. The Hall–Kier alpha value is -0.120. The number of nitrogens with one attached hydrogen (secondary N) is 2. The minimum Gasteiger partial charge on any atom is -0.374 e. The van der Waals surface area contributed by atoms with Crippen molar-refractivity contribution in [2.45, 2.75) is 32.8 Å². The SMILES string of the molecule is CN=C(NCC1CCCN(C)C1)NCC1CN(CC(C)C)CCO1.I. The third-order valence-electron chi connectivity index (χ3n) is 4.85. The molecule has 7 heteroatoms. The Morgan fingerprint density at radius 3 is 2.64 bits per heavy atom. The first-order valence-electron chi connectivity index (χ1n) is 9.53. The molecule has 0 bridgehead atoms. The van der Waals surface area contributed by atoms with Crippen LogP contribution in [0.15, 0.2) is 4.99 Å². The molecule has 2 heterocycles. The lowest BCUT2D eigenvalue weighted by atomic mass is 9.99. The highest BCUT2D eigenvalue weighted by Gasteiger charge is 2.21. The van der Waals surface area contributed by atoms with Crippen LogP contribution >= 0.6 is 24.0 Å². The lowest BCUT2D eigenvalue weighted by Crippen LogP contribution is -2.50. The van der Waals surface area contributed by atoms with Gasteiger partial charge in [-0.3, -0.25) is 9.89 Å². The predicted molar refractivity (Wildman–Crippen MR) is 116 cm³/mol. The van der Waals surface area contributed by atoms with Crippen LogP contribution in [-0.4, -0.2) is 88.4 Å². The molecule has 2 rings (SSSR count). The minimum atomic E-state index is 0. The number of hydrogen-bond donors (Lipinski definition) is 2. The van der Waals surface area contributed by atoms with Gasteiger partial charge in [-0.05, 0) is 38.3 Å². The molecule has 0 radical (unpaired) electrons. The molecule has 0 aromatic carbocycles. The fourth-order valence-electron chi connectivity index (χ4n) is 3.70. The van der Waals surface area contributed by atoms with Crippen molar-refractivity contribution in [2.75, 3.05) is 66.5 Å². The maximum Gasteiger partial charge on any atom is 0.191 e. The third-order valence-corrected chi connectivity index (χ3v) is 4.85. The Morgan fingerprint density at radius 1 is 1.20 bits per heavy atom. The van der Waals surface area contributed by atoms with Crippen molar-refractivity contribution in [3.8, 4) is 0 Å². The average Bonchev–Trinajstić information content (AvgIpc) is 2.55. The van der Waals surface area contributed by atoms with E-state index < -0.39 is 0 Å². The zero-order valence-electron chi connectivity index (χ0n) is 16.5. The maximum atomic E-state index is 5.90. The number of likely N-dealkylation sites (tertiary alicyclic amines) is 1. The standard InChI is InChI=1S/C18H37N5O.HI/c1-15(2)12-23-8-9-24-17(14-23)11-21-18(19-3)20-10-16-6-5-7-22(4)13-16;/h15-17H,5-14H2,1-4H3,(H2,19,20,21);1H. The molecule has 2 fully saturated rings. The Kier molecular flexibility index (Phi) is 11.3. The maximum absolute atomic E-state index is 5.90. The fraction of sp³-hybridized carbons (Fsp3) is 0.944. The predicted octanol–water partition coefficient (Wildman–Crippen LogP) is 1.47. The monoisotopic (exact) mass is 467 g/mol. The summed E-state index contributed by atoms with van der Waals surface area (Å²) in [6.45, 7) is 12.8. The second kappa shape index (κ2) is 12.3. The van der Waals surface area contributed by atoms with Gasteiger partial charge in [0, 0.05) is 46.3 Å². The van der Waals surface area contributed by atoms with Crippen LogP contribution in [0.2, 0.25) is 0 Å². The molecule has 148 valence electrons. The van der Waals surface area contributed by atoms with Gasteiger partial charge in [0.05, 0.1) is 12.7 Å². The van der Waals surface area contributed by atoms with E-state index in [-0.39, 0.29) is 30.1 Å². The molecular formula is C18H38IN5O. The molecule has 2 aliphatic rings. The number of halogens is 1. The Bertz CT molecular complexity index is 394. The molecule has 2 saturated heterocycles. The van der Waals surface area contributed by atoms with Gasteiger partial charge < -0.3 is 20.3 Å². The molecule has 6 nitrogen and oxygen atoms in total. The number of ether oxygens (including phenoxy) is 1. The molecule has 25 heavy (non-hydrogen) atoms. The van der Waals surface area contributed by atoms with Gasteiger partial charge in [-0.1, -0.05) is 13.8 Å². The molecule has 2 aliphatic heterocycles. The molecule has 0 aromatic rings. The lowest BCUT2D eigenvalue weighted by Gasteiger charge is -2.34. The molecular weight excluding hydrogens is 429 g/mol. The van der Waals surface area contributed by atoms with E-state index in [1.54, 1.807) is 0 Å². The molecule has 0 amide bonds. The zero-order chi connectivity index (χ0) is 17.4. The summed E-state index contributed by atoms with van der Waals surface area (Å²) in [5, 5.41) is 6.92. The topological polar surface area (TPSA) is 52.1 Å². The molecule has 0 aliphatic carbocycles. The first-order chi connectivity index (χ1) is 11.6. The third kappa shape index (κ3) is 8.88. The second-order valence-electron chi connectivity index (χ2n) is 7.75. The molecule has 0 spiro atoms. The van der Waals surface area contributed by atoms with Crippen molar-refractivity contribution in [3.05, 3.63) is 0 Å². The van der Waals surface area contributed by atoms with Gasteiger partial charge in [0.1, 0.15) is 0 Å². The number of rotatable bonds is 6. The average molecular weight is 467 g/mol. The quantitative estimate of drug-likeness (QED) is 0.352. The van der Waals surface area contributed by atoms with Crippen LogP contribution in [0.4, 0.5) is 0 Å². The summed E-state index contributed by atoms with van der Waals surface area (Å²) in [4.78, 5) is 9.29. The van der Waals surface area contributed by atoms with Crippen molar-refractivity contribution in [3.63, 3.8) is 0 Å². The number of morpholine rings is 1. The number of piperidine rings is 1. The van der Waals surface area contributed by atoms with E-state index >= 15 is 0 Å². The molecule has 2 atom stereocenters. The summed E-state index contributed by atoms with van der Waals surface area (Å²) >= 11 is 0. The molecule has 2 unspecified atom stereocenters. The van der Waals surface area contributed by atoms with Gasteiger partial charge in [0.15, 0.2) is 5.96 Å². The van der Waals surface area contributed by atoms with Crippen molar-refractivity contribution < 1.29 is 4.74 Å². The van der Waals surface area contributed by atoms with E-state index in [4.69, 9.17) is 4.74 Å². The highest BCUT2D eigenvalue weighted by atomic mass is 127. The van der Waals surface area contributed by atoms with Crippen LogP contribution in [-0.2, 0) is 4.74 Å². The van der Waals surface area contributed by atoms with Gasteiger partial charge in [-0.25, -0.2) is 0 Å². The highest BCUT2D eigenvalue weighted by Crippen LogP contribution is 2.13. The van der Waals surface area contributed by atoms with Crippen LogP contribution < -0.4 is 10.6 Å². The van der Waals surface area contributed by atoms with E-state index in [2.05, 4.69) is 46.3 Å². The number of aliphatic imine (C=N–C) groups is 1. The van der Waals surface area contributed by atoms with Gasteiger partial charge >= 0.3 is 0 Å². The summed E-state index contributed by atoms with van der Waals surface area (Å²) in [6, 6.07) is 0. The van der Waals surface area contributed by atoms with E-state index in [0.717, 1.165) is 51.2 Å². The normalized spacial score (nSPS) is 26.4. The Labute approximate surface area is 171 Å². The van der Waals surface area contributed by atoms with E-state index in [1.807, 2.05) is 7.05 Å². The van der Waals surface area contributed by atoms with Crippen LogP contribution in [0.1, 0.15) is 26.7 Å². The summed E-state index contributed by atoms with van der Waals surface area (Å²) in [5.41, 5.74) is 0. The fourth-order valence-corrected chi connectivity index (χ4v) is 3.70. The van der Waals surface area contributed by atoms with Crippen LogP contribution in [0.25, 0.3) is 0 Å². The van der Waals surface area contributed by atoms with Crippen LogP contribution in [0.5, 0.6) is 0 Å².